The molecule has 2 saturated heterocycles. The van der Waals surface area contributed by atoms with Gasteiger partial charge < -0.3 is 9.31 Å². The Morgan fingerprint density at radius 3 is 2.23 bits per heavy atom. The van der Waals surface area contributed by atoms with E-state index in [9.17, 15) is 4.39 Å². The topological polar surface area (TPSA) is 21.7 Å². The van der Waals surface area contributed by atoms with Crippen molar-refractivity contribution in [3.63, 3.8) is 0 Å². The van der Waals surface area contributed by atoms with E-state index in [0.717, 1.165) is 18.6 Å². The lowest BCUT2D eigenvalue weighted by Gasteiger charge is -2.32. The minimum Gasteiger partial charge on any atom is -0.399 e. The molecule has 0 aromatic heterocycles. The molecule has 2 aliphatic rings. The Morgan fingerprint density at radius 1 is 1.14 bits per heavy atom. The van der Waals surface area contributed by atoms with Crippen LogP contribution in [0.15, 0.2) is 24.3 Å². The lowest BCUT2D eigenvalue weighted by molar-refractivity contribution is 0.00578. The van der Waals surface area contributed by atoms with Gasteiger partial charge in [0.05, 0.1) is 11.2 Å². The highest BCUT2D eigenvalue weighted by Gasteiger charge is 2.51. The van der Waals surface area contributed by atoms with Gasteiger partial charge >= 0.3 is 7.12 Å². The Bertz CT molecular complexity index is 516. The molecule has 0 spiro atoms. The van der Waals surface area contributed by atoms with Crippen LogP contribution in [0, 0.1) is 0 Å². The summed E-state index contributed by atoms with van der Waals surface area (Å²) in [4.78, 5) is 2.16. The maximum atomic E-state index is 13.2. The van der Waals surface area contributed by atoms with Crippen LogP contribution in [0.3, 0.4) is 0 Å². The number of likely N-dealkylation sites (tertiary alicyclic amines) is 1. The minimum atomic E-state index is -0.663. The largest absolute Gasteiger partial charge is 0.494 e. The summed E-state index contributed by atoms with van der Waals surface area (Å²) in [6, 6.07) is 8.29. The second-order valence-electron chi connectivity index (χ2n) is 7.45. The number of halogens is 1. The van der Waals surface area contributed by atoms with Gasteiger partial charge in [0, 0.05) is 19.6 Å². The van der Waals surface area contributed by atoms with Gasteiger partial charge in [-0.25, -0.2) is 4.39 Å². The van der Waals surface area contributed by atoms with E-state index in [1.54, 1.807) is 0 Å². The number of hydrogen-bond donors (Lipinski definition) is 0. The van der Waals surface area contributed by atoms with Gasteiger partial charge in [-0.1, -0.05) is 24.3 Å². The highest BCUT2D eigenvalue weighted by Crippen LogP contribution is 2.36. The third kappa shape index (κ3) is 3.07. The Labute approximate surface area is 132 Å². The molecule has 1 unspecified atom stereocenters. The highest BCUT2D eigenvalue weighted by atomic mass is 19.1. The first kappa shape index (κ1) is 16.0. The normalized spacial score (nSPS) is 27.5. The molecule has 3 nitrogen and oxygen atoms in total. The van der Waals surface area contributed by atoms with E-state index in [1.807, 2.05) is 0 Å². The fourth-order valence-corrected chi connectivity index (χ4v) is 2.95. The SMILES string of the molecule is CC1(C)OB(c2ccc(CN3CCC(F)C3)cc2)OC1(C)C. The Balaban J connectivity index is 1.65. The molecule has 3 rings (SSSR count). The molecule has 1 aromatic rings. The molecule has 120 valence electrons. The zero-order valence-corrected chi connectivity index (χ0v) is 13.9. The number of benzene rings is 1. The van der Waals surface area contributed by atoms with Crippen LogP contribution in [0.5, 0.6) is 0 Å². The lowest BCUT2D eigenvalue weighted by Crippen LogP contribution is -2.41. The molecule has 22 heavy (non-hydrogen) atoms. The van der Waals surface area contributed by atoms with Crippen molar-refractivity contribution in [2.24, 2.45) is 0 Å². The molecule has 5 heteroatoms. The Hall–Kier alpha value is -0.905. The molecule has 1 aromatic carbocycles. The van der Waals surface area contributed by atoms with E-state index in [1.165, 1.54) is 5.56 Å². The molecule has 0 radical (unpaired) electrons. The van der Waals surface area contributed by atoms with Gasteiger partial charge in [-0.2, -0.15) is 0 Å². The van der Waals surface area contributed by atoms with Crippen molar-refractivity contribution in [3.05, 3.63) is 29.8 Å². The van der Waals surface area contributed by atoms with Crippen molar-refractivity contribution >= 4 is 12.6 Å². The average molecular weight is 305 g/mol. The van der Waals surface area contributed by atoms with Crippen molar-refractivity contribution in [3.8, 4) is 0 Å². The van der Waals surface area contributed by atoms with Crippen LogP contribution in [0.1, 0.15) is 39.7 Å². The molecule has 0 bridgehead atoms. The van der Waals surface area contributed by atoms with Crippen molar-refractivity contribution in [2.45, 2.75) is 58.0 Å². The number of alkyl halides is 1. The Morgan fingerprint density at radius 2 is 1.73 bits per heavy atom. The van der Waals surface area contributed by atoms with Gasteiger partial charge in [-0.3, -0.25) is 4.90 Å². The smallest absolute Gasteiger partial charge is 0.399 e. The summed E-state index contributed by atoms with van der Waals surface area (Å²) in [7, 11) is -0.318. The monoisotopic (exact) mass is 305 g/mol. The van der Waals surface area contributed by atoms with Crippen LogP contribution in [0.2, 0.25) is 0 Å². The van der Waals surface area contributed by atoms with E-state index < -0.39 is 6.17 Å². The molecular weight excluding hydrogens is 280 g/mol. The first-order chi connectivity index (χ1) is 10.3. The summed E-state index contributed by atoms with van der Waals surface area (Å²) in [6.07, 6.45) is -0.00421. The third-order valence-corrected chi connectivity index (χ3v) is 5.13. The zero-order valence-electron chi connectivity index (χ0n) is 13.9. The van der Waals surface area contributed by atoms with Crippen LogP contribution >= 0.6 is 0 Å². The molecule has 2 fully saturated rings. The van der Waals surface area contributed by atoms with Gasteiger partial charge in [0.25, 0.3) is 0 Å². The summed E-state index contributed by atoms with van der Waals surface area (Å²) in [5.74, 6) is 0. The summed E-state index contributed by atoms with van der Waals surface area (Å²) in [5, 5.41) is 0. The van der Waals surface area contributed by atoms with Gasteiger partial charge in [0.1, 0.15) is 6.17 Å². The maximum absolute atomic E-state index is 13.2. The van der Waals surface area contributed by atoms with Crippen LogP contribution in [-0.2, 0) is 15.9 Å². The minimum absolute atomic E-state index is 0.317. The fourth-order valence-electron chi connectivity index (χ4n) is 2.95. The summed E-state index contributed by atoms with van der Waals surface area (Å²) < 4.78 is 25.3. The van der Waals surface area contributed by atoms with E-state index in [4.69, 9.17) is 9.31 Å². The number of rotatable bonds is 3. The van der Waals surface area contributed by atoms with Gasteiger partial charge in [0.15, 0.2) is 0 Å². The third-order valence-electron chi connectivity index (χ3n) is 5.13. The van der Waals surface area contributed by atoms with Gasteiger partial charge in [0.2, 0.25) is 0 Å². The molecule has 1 atom stereocenters. The van der Waals surface area contributed by atoms with Gasteiger partial charge in [-0.15, -0.1) is 0 Å². The molecule has 2 aliphatic heterocycles. The fraction of sp³-hybridized carbons (Fsp3) is 0.647. The molecule has 0 saturated carbocycles. The summed E-state index contributed by atoms with van der Waals surface area (Å²) in [6.45, 7) is 10.4. The average Bonchev–Trinajstić information content (AvgIpc) is 2.92. The van der Waals surface area contributed by atoms with Crippen LogP contribution in [0.25, 0.3) is 0 Å². The predicted octanol–water partition coefficient (Wildman–Crippen LogP) is 2.53. The summed E-state index contributed by atoms with van der Waals surface area (Å²) in [5.41, 5.74) is 1.60. The molecule has 0 aliphatic carbocycles. The van der Waals surface area contributed by atoms with Crippen molar-refractivity contribution in [2.75, 3.05) is 13.1 Å². The molecule has 0 amide bonds. The second kappa shape index (κ2) is 5.62. The van der Waals surface area contributed by atoms with E-state index in [-0.39, 0.29) is 18.3 Å². The standard InChI is InChI=1S/C17H25BFNO2/c1-16(2)17(3,4)22-18(21-16)14-7-5-13(6-8-14)11-20-10-9-15(19)12-20/h5-8,15H,9-12H2,1-4H3. The highest BCUT2D eigenvalue weighted by molar-refractivity contribution is 6.62. The first-order valence-corrected chi connectivity index (χ1v) is 8.08. The van der Waals surface area contributed by atoms with Crippen LogP contribution in [0.4, 0.5) is 4.39 Å². The maximum Gasteiger partial charge on any atom is 0.494 e. The van der Waals surface area contributed by atoms with Crippen LogP contribution < -0.4 is 5.46 Å². The van der Waals surface area contributed by atoms with E-state index >= 15 is 0 Å². The molecule has 2 heterocycles. The zero-order chi connectivity index (χ0) is 16.0. The van der Waals surface area contributed by atoms with E-state index in [2.05, 4.69) is 56.9 Å². The van der Waals surface area contributed by atoms with Gasteiger partial charge in [-0.05, 0) is 45.1 Å². The quantitative estimate of drug-likeness (QED) is 0.801. The Kier molecular flexibility index (Phi) is 4.08. The van der Waals surface area contributed by atoms with Crippen molar-refractivity contribution < 1.29 is 13.7 Å². The van der Waals surface area contributed by atoms with Crippen LogP contribution in [-0.4, -0.2) is 42.5 Å². The predicted molar refractivity (Wildman–Crippen MR) is 86.9 cm³/mol. The summed E-state index contributed by atoms with van der Waals surface area (Å²) >= 11 is 0. The second-order valence-corrected chi connectivity index (χ2v) is 7.45. The van der Waals surface area contributed by atoms with Crippen molar-refractivity contribution in [1.29, 1.82) is 0 Å². The first-order valence-electron chi connectivity index (χ1n) is 8.08. The molecular formula is C17H25BFNO2. The van der Waals surface area contributed by atoms with E-state index in [0.29, 0.717) is 13.0 Å². The number of nitrogens with zero attached hydrogens (tertiary/aromatic N) is 1. The lowest BCUT2D eigenvalue weighted by atomic mass is 9.79. The number of hydrogen-bond acceptors (Lipinski definition) is 3. The molecule has 0 N–H and O–H groups in total. The van der Waals surface area contributed by atoms with Crippen molar-refractivity contribution in [1.82, 2.24) is 4.90 Å².